The molecule has 0 aliphatic heterocycles. The highest BCUT2D eigenvalue weighted by molar-refractivity contribution is 7.98. The summed E-state index contributed by atoms with van der Waals surface area (Å²) in [4.78, 5) is 8.74. The van der Waals surface area contributed by atoms with Crippen LogP contribution in [-0.4, -0.2) is 35.1 Å². The molecule has 0 aromatic carbocycles. The Bertz CT molecular complexity index is 428. The molecule has 8 heteroatoms. The molecule has 0 aliphatic rings. The molecule has 19 heavy (non-hydrogen) atoms. The molecule has 0 fully saturated rings. The highest BCUT2D eigenvalue weighted by Crippen LogP contribution is 2.30. The van der Waals surface area contributed by atoms with Gasteiger partial charge in [0.25, 0.3) is 0 Å². The summed E-state index contributed by atoms with van der Waals surface area (Å²) in [6.07, 6.45) is -1.69. The molecule has 1 aromatic heterocycles. The topological polar surface area (TPSA) is 29.0 Å². The summed E-state index contributed by atoms with van der Waals surface area (Å²) in [7, 11) is 1.70. The third-order valence-corrected chi connectivity index (χ3v) is 3.55. The van der Waals surface area contributed by atoms with Crippen LogP contribution in [0.15, 0.2) is 6.07 Å². The van der Waals surface area contributed by atoms with Crippen molar-refractivity contribution in [2.75, 3.05) is 24.0 Å². The largest absolute Gasteiger partial charge is 0.433 e. The number of thioether (sulfide) groups is 1. The van der Waals surface area contributed by atoms with Gasteiger partial charge in [-0.3, -0.25) is 0 Å². The number of rotatable bonds is 5. The average molecular weight is 314 g/mol. The van der Waals surface area contributed by atoms with Crippen LogP contribution < -0.4 is 4.90 Å². The van der Waals surface area contributed by atoms with Crippen molar-refractivity contribution in [2.45, 2.75) is 25.6 Å². The SMILES string of the molecule is CSCCC(C)N(C)c1cc(C(F)(F)F)nc(Cl)n1. The molecule has 108 valence electrons. The van der Waals surface area contributed by atoms with E-state index in [1.165, 1.54) is 0 Å². The Hall–Kier alpha value is -0.690. The zero-order chi connectivity index (χ0) is 14.6. The summed E-state index contributed by atoms with van der Waals surface area (Å²) < 4.78 is 37.9. The molecule has 1 atom stereocenters. The third-order valence-electron chi connectivity index (χ3n) is 2.74. The zero-order valence-corrected chi connectivity index (χ0v) is 12.4. The van der Waals surface area contributed by atoms with Gasteiger partial charge < -0.3 is 4.90 Å². The maximum atomic E-state index is 12.6. The van der Waals surface area contributed by atoms with E-state index in [1.807, 2.05) is 13.2 Å². The average Bonchev–Trinajstić information content (AvgIpc) is 2.33. The Labute approximate surface area is 119 Å². The minimum Gasteiger partial charge on any atom is -0.357 e. The first kappa shape index (κ1) is 16.4. The Kier molecular flexibility index (Phi) is 5.73. The summed E-state index contributed by atoms with van der Waals surface area (Å²) >= 11 is 7.24. The second-order valence-electron chi connectivity index (χ2n) is 4.12. The second-order valence-corrected chi connectivity index (χ2v) is 5.44. The van der Waals surface area contributed by atoms with Crippen LogP contribution in [0.3, 0.4) is 0 Å². The van der Waals surface area contributed by atoms with Crippen LogP contribution in [0, 0.1) is 0 Å². The van der Waals surface area contributed by atoms with Crippen LogP contribution in [0.4, 0.5) is 19.0 Å². The predicted octanol–water partition coefficient (Wildman–Crippen LogP) is 3.73. The Morgan fingerprint density at radius 1 is 1.42 bits per heavy atom. The first-order valence-corrected chi connectivity index (χ1v) is 7.36. The van der Waals surface area contributed by atoms with Crippen molar-refractivity contribution in [3.05, 3.63) is 17.0 Å². The molecular weight excluding hydrogens is 299 g/mol. The Balaban J connectivity index is 2.97. The highest BCUT2D eigenvalue weighted by Gasteiger charge is 2.34. The number of nitrogens with zero attached hydrogens (tertiary/aromatic N) is 3. The number of alkyl halides is 3. The van der Waals surface area contributed by atoms with Gasteiger partial charge in [0, 0.05) is 19.2 Å². The van der Waals surface area contributed by atoms with E-state index >= 15 is 0 Å². The van der Waals surface area contributed by atoms with Gasteiger partial charge in [-0.05, 0) is 37.0 Å². The van der Waals surface area contributed by atoms with E-state index in [4.69, 9.17) is 11.6 Å². The van der Waals surface area contributed by atoms with Crippen LogP contribution in [0.2, 0.25) is 5.28 Å². The summed E-state index contributed by atoms with van der Waals surface area (Å²) in [6, 6.07) is 0.987. The monoisotopic (exact) mass is 313 g/mol. The van der Waals surface area contributed by atoms with E-state index in [0.29, 0.717) is 0 Å². The summed E-state index contributed by atoms with van der Waals surface area (Å²) in [5, 5.41) is -0.395. The molecule has 0 saturated heterocycles. The highest BCUT2D eigenvalue weighted by atomic mass is 35.5. The summed E-state index contributed by atoms with van der Waals surface area (Å²) in [6.45, 7) is 1.93. The number of hydrogen-bond donors (Lipinski definition) is 0. The van der Waals surface area contributed by atoms with Gasteiger partial charge >= 0.3 is 6.18 Å². The van der Waals surface area contributed by atoms with E-state index in [2.05, 4.69) is 9.97 Å². The first-order chi connectivity index (χ1) is 8.75. The quantitative estimate of drug-likeness (QED) is 0.775. The lowest BCUT2D eigenvalue weighted by atomic mass is 10.2. The molecule has 1 rings (SSSR count). The lowest BCUT2D eigenvalue weighted by Crippen LogP contribution is -2.30. The molecule has 0 spiro atoms. The van der Waals surface area contributed by atoms with Gasteiger partial charge in [0.2, 0.25) is 5.28 Å². The van der Waals surface area contributed by atoms with E-state index in [1.54, 1.807) is 23.7 Å². The van der Waals surface area contributed by atoms with Crippen molar-refractivity contribution in [1.29, 1.82) is 0 Å². The van der Waals surface area contributed by atoms with Crippen molar-refractivity contribution >= 4 is 29.2 Å². The molecule has 0 radical (unpaired) electrons. The predicted molar refractivity (Wildman–Crippen MR) is 72.9 cm³/mol. The van der Waals surface area contributed by atoms with Crippen LogP contribution >= 0.6 is 23.4 Å². The third kappa shape index (κ3) is 4.72. The van der Waals surface area contributed by atoms with Crippen molar-refractivity contribution in [2.24, 2.45) is 0 Å². The molecule has 0 N–H and O–H groups in total. The maximum Gasteiger partial charge on any atom is 0.433 e. The molecule has 3 nitrogen and oxygen atoms in total. The van der Waals surface area contributed by atoms with Gasteiger partial charge in [-0.2, -0.15) is 24.9 Å². The van der Waals surface area contributed by atoms with Crippen LogP contribution in [0.25, 0.3) is 0 Å². The van der Waals surface area contributed by atoms with Crippen molar-refractivity contribution in [3.63, 3.8) is 0 Å². The van der Waals surface area contributed by atoms with Gasteiger partial charge in [-0.1, -0.05) is 0 Å². The van der Waals surface area contributed by atoms with E-state index in [0.717, 1.165) is 18.2 Å². The van der Waals surface area contributed by atoms with Gasteiger partial charge in [0.05, 0.1) is 0 Å². The van der Waals surface area contributed by atoms with Crippen LogP contribution in [-0.2, 0) is 6.18 Å². The first-order valence-electron chi connectivity index (χ1n) is 5.59. The van der Waals surface area contributed by atoms with Crippen LogP contribution in [0.1, 0.15) is 19.0 Å². The van der Waals surface area contributed by atoms with Gasteiger partial charge in [0.15, 0.2) is 5.69 Å². The number of halogens is 4. The molecule has 0 amide bonds. The molecule has 0 aliphatic carbocycles. The standard InChI is InChI=1S/C11H15ClF3N3S/c1-7(4-5-19-3)18(2)9-6-8(11(13,14)15)16-10(12)17-9/h6-7H,4-5H2,1-3H3. The van der Waals surface area contributed by atoms with E-state index < -0.39 is 17.2 Å². The second kappa shape index (κ2) is 6.65. The molecule has 1 unspecified atom stereocenters. The minimum absolute atomic E-state index is 0.0690. The normalized spacial score (nSPS) is 13.4. The molecule has 1 heterocycles. The number of aromatic nitrogens is 2. The zero-order valence-electron chi connectivity index (χ0n) is 10.8. The van der Waals surface area contributed by atoms with Gasteiger partial charge in [-0.25, -0.2) is 9.97 Å². The van der Waals surface area contributed by atoms with Crippen molar-refractivity contribution < 1.29 is 13.2 Å². The van der Waals surface area contributed by atoms with E-state index in [9.17, 15) is 13.2 Å². The molecule has 1 aromatic rings. The van der Waals surface area contributed by atoms with Gasteiger partial charge in [0.1, 0.15) is 5.82 Å². The fraction of sp³-hybridized carbons (Fsp3) is 0.636. The smallest absolute Gasteiger partial charge is 0.357 e. The maximum absolute atomic E-state index is 12.6. The number of anilines is 1. The van der Waals surface area contributed by atoms with E-state index in [-0.39, 0.29) is 11.9 Å². The van der Waals surface area contributed by atoms with Crippen molar-refractivity contribution in [3.8, 4) is 0 Å². The lowest BCUT2D eigenvalue weighted by molar-refractivity contribution is -0.141. The minimum atomic E-state index is -4.52. The summed E-state index contributed by atoms with van der Waals surface area (Å²) in [5.41, 5.74) is -1.02. The van der Waals surface area contributed by atoms with Gasteiger partial charge in [-0.15, -0.1) is 0 Å². The lowest BCUT2D eigenvalue weighted by Gasteiger charge is -2.26. The van der Waals surface area contributed by atoms with Crippen LogP contribution in [0.5, 0.6) is 0 Å². The Morgan fingerprint density at radius 2 is 2.05 bits per heavy atom. The fourth-order valence-electron chi connectivity index (χ4n) is 1.44. The molecule has 0 bridgehead atoms. The fourth-order valence-corrected chi connectivity index (χ4v) is 2.19. The summed E-state index contributed by atoms with van der Waals surface area (Å²) in [5.74, 6) is 1.11. The number of hydrogen-bond acceptors (Lipinski definition) is 4. The Morgan fingerprint density at radius 3 is 2.58 bits per heavy atom. The molecule has 0 saturated carbocycles. The molecular formula is C11H15ClF3N3S. The van der Waals surface area contributed by atoms with Crippen molar-refractivity contribution in [1.82, 2.24) is 9.97 Å².